The van der Waals surface area contributed by atoms with Gasteiger partial charge in [0.2, 0.25) is 0 Å². The average molecular weight is 330 g/mol. The van der Waals surface area contributed by atoms with Crippen LogP contribution in [0.2, 0.25) is 0 Å². The molecule has 1 heterocycles. The number of nitrogens with one attached hydrogen (secondary N) is 3. The standard InChI is InChI=1S/C15H27FN4O3/c1-10(20(6)13-12(17-5)11(16)9-19-13)22-8-7-18-14(21)23-15(2,3)4/h9-10,17,19H,7-8H2,1-6H3,(H,18,21). The van der Waals surface area contributed by atoms with Crippen molar-refractivity contribution in [2.45, 2.75) is 39.5 Å². The number of aromatic nitrogens is 1. The quantitative estimate of drug-likeness (QED) is 0.529. The molecule has 23 heavy (non-hydrogen) atoms. The van der Waals surface area contributed by atoms with Crippen molar-refractivity contribution in [1.82, 2.24) is 10.3 Å². The van der Waals surface area contributed by atoms with Crippen LogP contribution < -0.4 is 15.5 Å². The van der Waals surface area contributed by atoms with Gasteiger partial charge in [0.1, 0.15) is 23.3 Å². The minimum absolute atomic E-state index is 0.305. The van der Waals surface area contributed by atoms with E-state index in [1.165, 1.54) is 6.20 Å². The van der Waals surface area contributed by atoms with E-state index < -0.39 is 11.7 Å². The molecule has 132 valence electrons. The smallest absolute Gasteiger partial charge is 0.407 e. The lowest BCUT2D eigenvalue weighted by Crippen LogP contribution is -2.37. The second-order valence-electron chi connectivity index (χ2n) is 6.12. The molecule has 0 saturated carbocycles. The van der Waals surface area contributed by atoms with Crippen LogP contribution in [0, 0.1) is 5.82 Å². The Labute approximate surface area is 136 Å². The van der Waals surface area contributed by atoms with Crippen molar-refractivity contribution in [2.24, 2.45) is 0 Å². The summed E-state index contributed by atoms with van der Waals surface area (Å²) in [6.45, 7) is 7.87. The van der Waals surface area contributed by atoms with Crippen LogP contribution in [0.5, 0.6) is 0 Å². The van der Waals surface area contributed by atoms with Gasteiger partial charge in [-0.1, -0.05) is 0 Å². The van der Waals surface area contributed by atoms with Crippen LogP contribution in [0.15, 0.2) is 6.20 Å². The zero-order chi connectivity index (χ0) is 17.6. The normalized spacial score (nSPS) is 12.7. The predicted octanol–water partition coefficient (Wildman–Crippen LogP) is 2.52. The molecule has 1 rings (SSSR count). The fraction of sp³-hybridized carbons (Fsp3) is 0.667. The Morgan fingerprint density at radius 3 is 2.70 bits per heavy atom. The van der Waals surface area contributed by atoms with Gasteiger partial charge in [0.15, 0.2) is 5.82 Å². The third-order valence-electron chi connectivity index (χ3n) is 3.09. The van der Waals surface area contributed by atoms with Crippen LogP contribution in [0.4, 0.5) is 20.7 Å². The number of carbonyl (C=O) groups is 1. The Kier molecular flexibility index (Phi) is 6.68. The SMILES string of the molecule is CNc1c(F)c[nH]c1N(C)C(C)OCCNC(=O)OC(C)(C)C. The van der Waals surface area contributed by atoms with Crippen LogP contribution in [0.3, 0.4) is 0 Å². The van der Waals surface area contributed by atoms with Crippen LogP contribution in [-0.4, -0.2) is 50.2 Å². The highest BCUT2D eigenvalue weighted by Crippen LogP contribution is 2.27. The molecule has 8 heteroatoms. The van der Waals surface area contributed by atoms with Crippen molar-refractivity contribution in [3.63, 3.8) is 0 Å². The summed E-state index contributed by atoms with van der Waals surface area (Å²) in [5.41, 5.74) is -0.144. The molecule has 0 aliphatic heterocycles. The number of alkyl carbamates (subject to hydrolysis) is 1. The van der Waals surface area contributed by atoms with E-state index in [2.05, 4.69) is 15.6 Å². The molecule has 1 amide bonds. The number of nitrogens with zero attached hydrogens (tertiary/aromatic N) is 1. The highest BCUT2D eigenvalue weighted by molar-refractivity contribution is 5.67. The fourth-order valence-corrected chi connectivity index (χ4v) is 1.90. The highest BCUT2D eigenvalue weighted by atomic mass is 19.1. The molecule has 1 unspecified atom stereocenters. The lowest BCUT2D eigenvalue weighted by Gasteiger charge is -2.27. The van der Waals surface area contributed by atoms with Gasteiger partial charge in [-0.15, -0.1) is 0 Å². The van der Waals surface area contributed by atoms with Crippen molar-refractivity contribution in [3.8, 4) is 0 Å². The van der Waals surface area contributed by atoms with E-state index >= 15 is 0 Å². The summed E-state index contributed by atoms with van der Waals surface area (Å²) in [6.07, 6.45) is 0.501. The van der Waals surface area contributed by atoms with Gasteiger partial charge in [0, 0.05) is 26.8 Å². The third-order valence-corrected chi connectivity index (χ3v) is 3.09. The minimum Gasteiger partial charge on any atom is -0.444 e. The number of ether oxygens (including phenoxy) is 2. The monoisotopic (exact) mass is 330 g/mol. The van der Waals surface area contributed by atoms with Gasteiger partial charge in [-0.25, -0.2) is 9.18 Å². The van der Waals surface area contributed by atoms with Crippen LogP contribution in [-0.2, 0) is 9.47 Å². The van der Waals surface area contributed by atoms with E-state index in [1.807, 2.05) is 6.92 Å². The van der Waals surface area contributed by atoms with Gasteiger partial charge in [-0.2, -0.15) is 0 Å². The van der Waals surface area contributed by atoms with Gasteiger partial charge in [-0.05, 0) is 27.7 Å². The molecule has 0 fully saturated rings. The second kappa shape index (κ2) is 8.05. The van der Waals surface area contributed by atoms with E-state index in [0.717, 1.165) is 0 Å². The zero-order valence-corrected chi connectivity index (χ0v) is 14.6. The van der Waals surface area contributed by atoms with Crippen molar-refractivity contribution >= 4 is 17.6 Å². The number of rotatable bonds is 7. The van der Waals surface area contributed by atoms with Gasteiger partial charge in [0.05, 0.1) is 6.61 Å². The Morgan fingerprint density at radius 2 is 2.13 bits per heavy atom. The third kappa shape index (κ3) is 5.97. The number of hydrogen-bond acceptors (Lipinski definition) is 5. The maximum Gasteiger partial charge on any atom is 0.407 e. The molecule has 7 nitrogen and oxygen atoms in total. The van der Waals surface area contributed by atoms with Crippen molar-refractivity contribution < 1.29 is 18.7 Å². The first-order chi connectivity index (χ1) is 10.7. The lowest BCUT2D eigenvalue weighted by molar-refractivity contribution is 0.0435. The van der Waals surface area contributed by atoms with Crippen LogP contribution >= 0.6 is 0 Å². The molecule has 1 aromatic heterocycles. The molecule has 1 aromatic rings. The largest absolute Gasteiger partial charge is 0.444 e. The summed E-state index contributed by atoms with van der Waals surface area (Å²) in [6, 6.07) is 0. The minimum atomic E-state index is -0.528. The second-order valence-corrected chi connectivity index (χ2v) is 6.12. The Morgan fingerprint density at radius 1 is 1.48 bits per heavy atom. The number of halogens is 1. The van der Waals surface area contributed by atoms with Gasteiger partial charge >= 0.3 is 6.09 Å². The number of amides is 1. The first kappa shape index (κ1) is 19.1. The Bertz CT molecular complexity index is 513. The van der Waals surface area contributed by atoms with Crippen LogP contribution in [0.25, 0.3) is 0 Å². The van der Waals surface area contributed by atoms with Gasteiger partial charge < -0.3 is 30.0 Å². The number of aromatic amines is 1. The molecule has 0 aromatic carbocycles. The molecular weight excluding hydrogens is 303 g/mol. The van der Waals surface area contributed by atoms with E-state index in [-0.39, 0.29) is 12.0 Å². The molecule has 0 bridgehead atoms. The number of H-pyrrole nitrogens is 1. The molecule has 0 aliphatic rings. The summed E-state index contributed by atoms with van der Waals surface area (Å²) >= 11 is 0. The van der Waals surface area contributed by atoms with Crippen molar-refractivity contribution in [2.75, 3.05) is 37.5 Å². The van der Waals surface area contributed by atoms with E-state index in [9.17, 15) is 9.18 Å². The van der Waals surface area contributed by atoms with Crippen molar-refractivity contribution in [3.05, 3.63) is 12.0 Å². The van der Waals surface area contributed by atoms with E-state index in [4.69, 9.17) is 9.47 Å². The zero-order valence-electron chi connectivity index (χ0n) is 14.6. The van der Waals surface area contributed by atoms with E-state index in [0.29, 0.717) is 24.7 Å². The van der Waals surface area contributed by atoms with E-state index in [1.54, 1.807) is 39.8 Å². The Hall–Kier alpha value is -1.96. The summed E-state index contributed by atoms with van der Waals surface area (Å²) < 4.78 is 24.3. The summed E-state index contributed by atoms with van der Waals surface area (Å²) in [5, 5.41) is 5.42. The van der Waals surface area contributed by atoms with Crippen LogP contribution in [0.1, 0.15) is 27.7 Å². The molecule has 0 saturated heterocycles. The van der Waals surface area contributed by atoms with Gasteiger partial charge in [-0.3, -0.25) is 0 Å². The first-order valence-electron chi connectivity index (χ1n) is 7.51. The number of carbonyl (C=O) groups excluding carboxylic acids is 1. The maximum atomic E-state index is 13.5. The molecule has 0 spiro atoms. The number of anilines is 2. The lowest BCUT2D eigenvalue weighted by atomic mass is 10.2. The highest BCUT2D eigenvalue weighted by Gasteiger charge is 2.19. The topological polar surface area (TPSA) is 78.6 Å². The average Bonchev–Trinajstić information content (AvgIpc) is 2.81. The fourth-order valence-electron chi connectivity index (χ4n) is 1.90. The summed E-state index contributed by atoms with van der Waals surface area (Å²) in [7, 11) is 3.44. The predicted molar refractivity (Wildman–Crippen MR) is 88.4 cm³/mol. The Balaban J connectivity index is 2.39. The molecule has 1 atom stereocenters. The molecule has 0 aliphatic carbocycles. The summed E-state index contributed by atoms with van der Waals surface area (Å²) in [5.74, 6) is 0.241. The first-order valence-corrected chi connectivity index (χ1v) is 7.51. The molecule has 3 N–H and O–H groups in total. The summed E-state index contributed by atoms with van der Waals surface area (Å²) in [4.78, 5) is 16.1. The van der Waals surface area contributed by atoms with Gasteiger partial charge in [0.25, 0.3) is 0 Å². The maximum absolute atomic E-state index is 13.5. The van der Waals surface area contributed by atoms with Crippen molar-refractivity contribution in [1.29, 1.82) is 0 Å². The molecular formula is C15H27FN4O3. The number of hydrogen-bond donors (Lipinski definition) is 3. The molecule has 0 radical (unpaired) electrons.